The van der Waals surface area contributed by atoms with Crippen LogP contribution in [0.4, 0.5) is 0 Å². The van der Waals surface area contributed by atoms with Crippen LogP contribution in [0.2, 0.25) is 0 Å². The summed E-state index contributed by atoms with van der Waals surface area (Å²) in [6.07, 6.45) is 6.89. The third-order valence-corrected chi connectivity index (χ3v) is 4.61. The summed E-state index contributed by atoms with van der Waals surface area (Å²) in [6, 6.07) is 4.98. The van der Waals surface area contributed by atoms with Gasteiger partial charge in [-0.2, -0.15) is 4.98 Å². The van der Waals surface area contributed by atoms with Gasteiger partial charge in [0, 0.05) is 31.0 Å². The minimum Gasteiger partial charge on any atom is -0.461 e. The van der Waals surface area contributed by atoms with E-state index in [1.54, 1.807) is 18.4 Å². The van der Waals surface area contributed by atoms with Gasteiger partial charge in [-0.1, -0.05) is 5.16 Å². The average molecular weight is 353 g/mol. The molecule has 2 aliphatic heterocycles. The first-order chi connectivity index (χ1) is 11.3. The van der Waals surface area contributed by atoms with E-state index in [1.807, 2.05) is 0 Å². The maximum absolute atomic E-state index is 12.1. The Morgan fingerprint density at radius 2 is 2.12 bits per heavy atom. The largest absolute Gasteiger partial charge is 0.461 e. The number of amides is 1. The Morgan fingerprint density at radius 1 is 1.33 bits per heavy atom. The molecule has 24 heavy (non-hydrogen) atoms. The second-order valence-corrected chi connectivity index (χ2v) is 6.36. The highest BCUT2D eigenvalue weighted by Gasteiger charge is 2.33. The second-order valence-electron chi connectivity index (χ2n) is 6.36. The smallest absolute Gasteiger partial charge is 0.238 e. The average Bonchev–Trinajstić information content (AvgIpc) is 3.26. The Morgan fingerprint density at radius 3 is 2.83 bits per heavy atom. The molecule has 0 saturated carbocycles. The summed E-state index contributed by atoms with van der Waals surface area (Å²) in [5, 5.41) is 10.6. The lowest BCUT2D eigenvalue weighted by molar-refractivity contribution is -0.122. The first-order valence-corrected chi connectivity index (χ1v) is 8.18. The molecule has 2 aromatic heterocycles. The van der Waals surface area contributed by atoms with Gasteiger partial charge in [0.2, 0.25) is 17.6 Å². The van der Waals surface area contributed by atoms with Crippen LogP contribution >= 0.6 is 12.4 Å². The van der Waals surface area contributed by atoms with Crippen molar-refractivity contribution >= 4 is 18.3 Å². The number of piperidine rings is 1. The predicted molar refractivity (Wildman–Crippen MR) is 88.7 cm³/mol. The van der Waals surface area contributed by atoms with Crippen molar-refractivity contribution in [2.75, 3.05) is 0 Å². The number of nitrogens with one attached hydrogen (secondary N) is 2. The number of fused-ring (bicyclic) bond motifs is 2. The molecule has 2 aromatic rings. The summed E-state index contributed by atoms with van der Waals surface area (Å²) in [7, 11) is 0. The predicted octanol–water partition coefficient (Wildman–Crippen LogP) is 2.08. The van der Waals surface area contributed by atoms with Crippen molar-refractivity contribution in [2.45, 2.75) is 56.7 Å². The Balaban J connectivity index is 0.00000169. The normalized spacial score (nSPS) is 25.2. The molecule has 2 unspecified atom stereocenters. The molecular weight excluding hydrogens is 332 g/mol. The molecule has 0 spiro atoms. The van der Waals surface area contributed by atoms with Gasteiger partial charge in [0.05, 0.1) is 6.26 Å². The van der Waals surface area contributed by atoms with Crippen LogP contribution < -0.4 is 10.6 Å². The number of hydrogen-bond donors (Lipinski definition) is 2. The molecule has 2 aliphatic rings. The molecule has 4 heterocycles. The monoisotopic (exact) mass is 352 g/mol. The Labute approximate surface area is 146 Å². The molecule has 130 valence electrons. The molecule has 2 fully saturated rings. The Bertz CT molecular complexity index is 661. The fourth-order valence-corrected chi connectivity index (χ4v) is 3.56. The van der Waals surface area contributed by atoms with Crippen LogP contribution in [0.5, 0.6) is 0 Å². The van der Waals surface area contributed by atoms with Crippen molar-refractivity contribution in [1.82, 2.24) is 20.8 Å². The fourth-order valence-electron chi connectivity index (χ4n) is 3.56. The minimum absolute atomic E-state index is 0. The fraction of sp³-hybridized carbons (Fsp3) is 0.562. The van der Waals surface area contributed by atoms with E-state index in [4.69, 9.17) is 8.94 Å². The van der Waals surface area contributed by atoms with Gasteiger partial charge >= 0.3 is 0 Å². The van der Waals surface area contributed by atoms with Crippen molar-refractivity contribution < 1.29 is 13.7 Å². The van der Waals surface area contributed by atoms with Gasteiger partial charge in [0.25, 0.3) is 0 Å². The molecule has 8 heteroatoms. The summed E-state index contributed by atoms with van der Waals surface area (Å²) in [6.45, 7) is 0. The maximum Gasteiger partial charge on any atom is 0.238 e. The lowest BCUT2D eigenvalue weighted by Gasteiger charge is -2.29. The van der Waals surface area contributed by atoms with Crippen LogP contribution in [0.1, 0.15) is 38.0 Å². The van der Waals surface area contributed by atoms with E-state index in [1.165, 1.54) is 12.8 Å². The SMILES string of the molecule is Cl.O=C(CCc1nc(-c2ccco2)no1)NC1CC2CCC(C1)N2. The highest BCUT2D eigenvalue weighted by atomic mass is 35.5. The number of aromatic nitrogens is 2. The summed E-state index contributed by atoms with van der Waals surface area (Å²) in [4.78, 5) is 16.4. The van der Waals surface area contributed by atoms with E-state index in [-0.39, 0.29) is 18.3 Å². The van der Waals surface area contributed by atoms with E-state index in [0.29, 0.717) is 48.4 Å². The van der Waals surface area contributed by atoms with Crippen LogP contribution in [0.3, 0.4) is 0 Å². The summed E-state index contributed by atoms with van der Waals surface area (Å²) in [5.74, 6) is 1.49. The molecule has 2 N–H and O–H groups in total. The molecule has 4 rings (SSSR count). The second kappa shape index (κ2) is 7.36. The quantitative estimate of drug-likeness (QED) is 0.855. The number of furan rings is 1. The standard InChI is InChI=1S/C16H20N4O3.ClH/c21-14(18-12-8-10-3-4-11(9-12)17-10)5-6-15-19-16(20-23-15)13-2-1-7-22-13;/h1-2,7,10-12,17H,3-6,8-9H2,(H,18,21);1H. The molecule has 1 amide bonds. The van der Waals surface area contributed by atoms with Crippen molar-refractivity contribution in [1.29, 1.82) is 0 Å². The van der Waals surface area contributed by atoms with Gasteiger partial charge in [-0.3, -0.25) is 4.79 Å². The third kappa shape index (κ3) is 3.79. The number of carbonyl (C=O) groups is 1. The Hall–Kier alpha value is -1.86. The van der Waals surface area contributed by atoms with Gasteiger partial charge in [-0.05, 0) is 37.8 Å². The zero-order valence-electron chi connectivity index (χ0n) is 13.2. The Kier molecular flexibility index (Phi) is 5.20. The van der Waals surface area contributed by atoms with Crippen LogP contribution in [-0.4, -0.2) is 34.2 Å². The molecule has 2 bridgehead atoms. The number of aryl methyl sites for hydroxylation is 1. The maximum atomic E-state index is 12.1. The number of nitrogens with zero attached hydrogens (tertiary/aromatic N) is 2. The molecule has 0 aliphatic carbocycles. The minimum atomic E-state index is 0. The first kappa shape index (κ1) is 17.0. The number of carbonyl (C=O) groups excluding carboxylic acids is 1. The number of hydrogen-bond acceptors (Lipinski definition) is 6. The van der Waals surface area contributed by atoms with Gasteiger partial charge in [-0.25, -0.2) is 0 Å². The highest BCUT2D eigenvalue weighted by molar-refractivity contribution is 5.85. The summed E-state index contributed by atoms with van der Waals surface area (Å²) >= 11 is 0. The molecule has 7 nitrogen and oxygen atoms in total. The molecule has 2 saturated heterocycles. The molecular formula is C16H21ClN4O3. The highest BCUT2D eigenvalue weighted by Crippen LogP contribution is 2.26. The van der Waals surface area contributed by atoms with Crippen molar-refractivity contribution in [2.24, 2.45) is 0 Å². The summed E-state index contributed by atoms with van der Waals surface area (Å²) < 4.78 is 10.4. The summed E-state index contributed by atoms with van der Waals surface area (Å²) in [5.41, 5.74) is 0. The van der Waals surface area contributed by atoms with Crippen LogP contribution in [0.15, 0.2) is 27.3 Å². The topological polar surface area (TPSA) is 93.2 Å². The van der Waals surface area contributed by atoms with Crippen LogP contribution in [-0.2, 0) is 11.2 Å². The van der Waals surface area contributed by atoms with E-state index in [2.05, 4.69) is 20.8 Å². The lowest BCUT2D eigenvalue weighted by Crippen LogP contribution is -2.48. The van der Waals surface area contributed by atoms with Gasteiger partial charge in [0.1, 0.15) is 0 Å². The van der Waals surface area contributed by atoms with Crippen molar-refractivity contribution in [3.8, 4) is 11.6 Å². The van der Waals surface area contributed by atoms with E-state index < -0.39 is 0 Å². The zero-order chi connectivity index (χ0) is 15.6. The third-order valence-electron chi connectivity index (χ3n) is 4.61. The number of halogens is 1. The van der Waals surface area contributed by atoms with Gasteiger partial charge in [-0.15, -0.1) is 12.4 Å². The molecule has 0 aromatic carbocycles. The first-order valence-electron chi connectivity index (χ1n) is 8.18. The lowest BCUT2D eigenvalue weighted by atomic mass is 9.99. The molecule has 2 atom stereocenters. The zero-order valence-corrected chi connectivity index (χ0v) is 14.1. The van der Waals surface area contributed by atoms with E-state index in [0.717, 1.165) is 12.8 Å². The van der Waals surface area contributed by atoms with Crippen LogP contribution in [0, 0.1) is 0 Å². The van der Waals surface area contributed by atoms with Gasteiger partial charge < -0.3 is 19.6 Å². The van der Waals surface area contributed by atoms with Crippen molar-refractivity contribution in [3.63, 3.8) is 0 Å². The van der Waals surface area contributed by atoms with Crippen molar-refractivity contribution in [3.05, 3.63) is 24.3 Å². The molecule has 0 radical (unpaired) electrons. The van der Waals surface area contributed by atoms with Crippen LogP contribution in [0.25, 0.3) is 11.6 Å². The number of rotatable bonds is 5. The van der Waals surface area contributed by atoms with E-state index in [9.17, 15) is 4.79 Å². The van der Waals surface area contributed by atoms with E-state index >= 15 is 0 Å². The van der Waals surface area contributed by atoms with Gasteiger partial charge in [0.15, 0.2) is 5.76 Å².